The van der Waals surface area contributed by atoms with Crippen molar-refractivity contribution in [2.24, 2.45) is 0 Å². The number of ether oxygens (including phenoxy) is 2. The summed E-state index contributed by atoms with van der Waals surface area (Å²) in [6.45, 7) is 0. The van der Waals surface area contributed by atoms with Crippen LogP contribution in [-0.2, 0) is 4.74 Å². The zero-order valence-electron chi connectivity index (χ0n) is 9.35. The Balaban J connectivity index is 2.76. The number of hydrogen-bond donors (Lipinski definition) is 0. The molecule has 2 rings (SSSR count). The van der Waals surface area contributed by atoms with Crippen LogP contribution in [0.4, 0.5) is 0 Å². The van der Waals surface area contributed by atoms with Gasteiger partial charge in [0.1, 0.15) is 11.1 Å². The highest BCUT2D eigenvalue weighted by molar-refractivity contribution is 5.93. The second kappa shape index (κ2) is 4.29. The van der Waals surface area contributed by atoms with Gasteiger partial charge in [-0.15, -0.1) is 0 Å². The Morgan fingerprint density at radius 3 is 2.71 bits per heavy atom. The first kappa shape index (κ1) is 11.2. The molecule has 5 nitrogen and oxygen atoms in total. The molecule has 0 saturated heterocycles. The van der Waals surface area contributed by atoms with Crippen molar-refractivity contribution in [2.75, 3.05) is 14.2 Å². The van der Waals surface area contributed by atoms with E-state index in [0.29, 0.717) is 16.5 Å². The summed E-state index contributed by atoms with van der Waals surface area (Å²) in [6.07, 6.45) is 0. The molecular formula is C12H10O5. The quantitative estimate of drug-likeness (QED) is 0.738. The Hall–Kier alpha value is -2.30. The zero-order valence-corrected chi connectivity index (χ0v) is 9.35. The van der Waals surface area contributed by atoms with Crippen LogP contribution in [0.25, 0.3) is 10.8 Å². The van der Waals surface area contributed by atoms with E-state index in [4.69, 9.17) is 9.15 Å². The molecule has 0 atom stereocenters. The lowest BCUT2D eigenvalue weighted by Crippen LogP contribution is -2.09. The number of fused-ring (bicyclic) bond motifs is 1. The van der Waals surface area contributed by atoms with Gasteiger partial charge in [-0.1, -0.05) is 12.1 Å². The lowest BCUT2D eigenvalue weighted by atomic mass is 10.1. The number of hydrogen-bond acceptors (Lipinski definition) is 5. The van der Waals surface area contributed by atoms with Crippen molar-refractivity contribution < 1.29 is 18.7 Å². The summed E-state index contributed by atoms with van der Waals surface area (Å²) in [5.41, 5.74) is -0.625. The van der Waals surface area contributed by atoms with Crippen molar-refractivity contribution in [1.29, 1.82) is 0 Å². The van der Waals surface area contributed by atoms with Gasteiger partial charge in [-0.05, 0) is 17.5 Å². The monoisotopic (exact) mass is 234 g/mol. The lowest BCUT2D eigenvalue weighted by Gasteiger charge is -2.04. The Kier molecular flexibility index (Phi) is 2.82. The van der Waals surface area contributed by atoms with Gasteiger partial charge >= 0.3 is 11.6 Å². The van der Waals surface area contributed by atoms with Crippen LogP contribution in [-0.4, -0.2) is 20.2 Å². The molecule has 2 aromatic rings. The molecule has 0 fully saturated rings. The normalized spacial score (nSPS) is 10.2. The van der Waals surface area contributed by atoms with E-state index >= 15 is 0 Å². The molecule has 0 radical (unpaired) electrons. The van der Waals surface area contributed by atoms with E-state index in [-0.39, 0.29) is 5.76 Å². The predicted molar refractivity (Wildman–Crippen MR) is 60.4 cm³/mol. The van der Waals surface area contributed by atoms with Crippen LogP contribution >= 0.6 is 0 Å². The van der Waals surface area contributed by atoms with E-state index < -0.39 is 11.6 Å². The van der Waals surface area contributed by atoms with Gasteiger partial charge < -0.3 is 13.9 Å². The number of esters is 1. The van der Waals surface area contributed by atoms with Gasteiger partial charge in [-0.2, -0.15) is 0 Å². The number of carbonyl (C=O) groups excluding carboxylic acids is 1. The second-order valence-electron chi connectivity index (χ2n) is 3.31. The Morgan fingerprint density at radius 2 is 2.06 bits per heavy atom. The molecule has 0 saturated carbocycles. The van der Waals surface area contributed by atoms with E-state index in [1.54, 1.807) is 18.2 Å². The van der Waals surface area contributed by atoms with Crippen LogP contribution in [0.3, 0.4) is 0 Å². The SMILES string of the molecule is COC(=O)c1cc2cccc(OC)c2c(=O)o1. The molecular weight excluding hydrogens is 224 g/mol. The third-order valence-corrected chi connectivity index (χ3v) is 2.36. The third kappa shape index (κ3) is 1.87. The fraction of sp³-hybridized carbons (Fsp3) is 0.167. The first-order valence-corrected chi connectivity index (χ1v) is 4.86. The van der Waals surface area contributed by atoms with Gasteiger partial charge in [0, 0.05) is 0 Å². The molecule has 0 spiro atoms. The molecule has 88 valence electrons. The van der Waals surface area contributed by atoms with Gasteiger partial charge in [0.25, 0.3) is 0 Å². The summed E-state index contributed by atoms with van der Waals surface area (Å²) in [7, 11) is 2.68. The average molecular weight is 234 g/mol. The average Bonchev–Trinajstić information content (AvgIpc) is 2.36. The number of rotatable bonds is 2. The summed E-state index contributed by atoms with van der Waals surface area (Å²) in [5.74, 6) is -0.405. The first-order chi connectivity index (χ1) is 8.17. The molecule has 0 unspecified atom stereocenters. The maximum atomic E-state index is 11.7. The van der Waals surface area contributed by atoms with Crippen molar-refractivity contribution >= 4 is 16.7 Å². The molecule has 17 heavy (non-hydrogen) atoms. The molecule has 0 aliphatic carbocycles. The molecule has 1 aromatic carbocycles. The lowest BCUT2D eigenvalue weighted by molar-refractivity contribution is 0.0560. The van der Waals surface area contributed by atoms with Gasteiger partial charge in [-0.3, -0.25) is 0 Å². The van der Waals surface area contributed by atoms with Crippen LogP contribution in [0.15, 0.2) is 33.5 Å². The van der Waals surface area contributed by atoms with E-state index in [2.05, 4.69) is 4.74 Å². The Bertz CT molecular complexity index is 626. The summed E-state index contributed by atoms with van der Waals surface area (Å²) < 4.78 is 14.4. The van der Waals surface area contributed by atoms with Crippen molar-refractivity contribution in [3.8, 4) is 5.75 Å². The van der Waals surface area contributed by atoms with Crippen LogP contribution in [0, 0.1) is 0 Å². The summed E-state index contributed by atoms with van der Waals surface area (Å²) in [4.78, 5) is 23.0. The third-order valence-electron chi connectivity index (χ3n) is 2.36. The van der Waals surface area contributed by atoms with E-state index in [1.165, 1.54) is 20.3 Å². The topological polar surface area (TPSA) is 65.7 Å². The molecule has 5 heteroatoms. The van der Waals surface area contributed by atoms with Crippen LogP contribution in [0.5, 0.6) is 5.75 Å². The molecule has 0 aliphatic rings. The smallest absolute Gasteiger partial charge is 0.374 e. The molecule has 0 amide bonds. The van der Waals surface area contributed by atoms with Crippen molar-refractivity contribution in [3.63, 3.8) is 0 Å². The number of carbonyl (C=O) groups is 1. The minimum atomic E-state index is -0.688. The standard InChI is InChI=1S/C12H10O5/c1-15-8-5-3-4-7-6-9(11(13)16-2)17-12(14)10(7)8/h3-6H,1-2H3. The number of benzene rings is 1. The highest BCUT2D eigenvalue weighted by atomic mass is 16.5. The first-order valence-electron chi connectivity index (χ1n) is 4.86. The molecule has 0 bridgehead atoms. The summed E-state index contributed by atoms with van der Waals surface area (Å²) in [6, 6.07) is 6.52. The van der Waals surface area contributed by atoms with Crippen LogP contribution < -0.4 is 10.4 Å². The fourth-order valence-corrected chi connectivity index (χ4v) is 1.58. The summed E-state index contributed by atoms with van der Waals surface area (Å²) >= 11 is 0. The van der Waals surface area contributed by atoms with Crippen LogP contribution in [0.2, 0.25) is 0 Å². The van der Waals surface area contributed by atoms with Gasteiger partial charge in [-0.25, -0.2) is 9.59 Å². The molecule has 1 aromatic heterocycles. The minimum absolute atomic E-state index is 0.127. The second-order valence-corrected chi connectivity index (χ2v) is 3.31. The zero-order chi connectivity index (χ0) is 12.4. The Labute approximate surface area is 96.6 Å². The van der Waals surface area contributed by atoms with E-state index in [9.17, 15) is 9.59 Å². The molecule has 0 N–H and O–H groups in total. The Morgan fingerprint density at radius 1 is 1.29 bits per heavy atom. The largest absolute Gasteiger partial charge is 0.496 e. The molecule has 0 aliphatic heterocycles. The van der Waals surface area contributed by atoms with Crippen molar-refractivity contribution in [3.05, 3.63) is 40.4 Å². The van der Waals surface area contributed by atoms with E-state index in [0.717, 1.165) is 0 Å². The minimum Gasteiger partial charge on any atom is -0.496 e. The van der Waals surface area contributed by atoms with Gasteiger partial charge in [0.05, 0.1) is 14.2 Å². The van der Waals surface area contributed by atoms with Gasteiger partial charge in [0.2, 0.25) is 5.76 Å². The van der Waals surface area contributed by atoms with Crippen molar-refractivity contribution in [1.82, 2.24) is 0 Å². The maximum Gasteiger partial charge on any atom is 0.374 e. The summed E-state index contributed by atoms with van der Waals surface area (Å²) in [5, 5.41) is 0.878. The fourth-order valence-electron chi connectivity index (χ4n) is 1.58. The molecule has 1 heterocycles. The van der Waals surface area contributed by atoms with E-state index in [1.807, 2.05) is 0 Å². The predicted octanol–water partition coefficient (Wildman–Crippen LogP) is 1.59. The number of methoxy groups -OCH3 is 2. The van der Waals surface area contributed by atoms with Gasteiger partial charge in [0.15, 0.2) is 0 Å². The van der Waals surface area contributed by atoms with Crippen molar-refractivity contribution in [2.45, 2.75) is 0 Å². The highest BCUT2D eigenvalue weighted by Crippen LogP contribution is 2.22. The maximum absolute atomic E-state index is 11.7. The highest BCUT2D eigenvalue weighted by Gasteiger charge is 2.14. The van der Waals surface area contributed by atoms with Crippen LogP contribution in [0.1, 0.15) is 10.6 Å².